The molecule has 2 N–H and O–H groups in total. The highest BCUT2D eigenvalue weighted by Crippen LogP contribution is 2.28. The van der Waals surface area contributed by atoms with Crippen molar-refractivity contribution in [2.45, 2.75) is 19.4 Å². The van der Waals surface area contributed by atoms with Gasteiger partial charge in [-0.2, -0.15) is 0 Å². The maximum Gasteiger partial charge on any atom is 0.113 e. The molecule has 3 heteroatoms. The molecule has 3 rings (SSSR count). The molecular formula is C16H16N2O. The van der Waals surface area contributed by atoms with Crippen molar-refractivity contribution in [1.82, 2.24) is 9.97 Å². The van der Waals surface area contributed by atoms with Crippen LogP contribution in [0.3, 0.4) is 0 Å². The summed E-state index contributed by atoms with van der Waals surface area (Å²) in [5.74, 6) is 1.06. The molecule has 19 heavy (non-hydrogen) atoms. The number of nitrogens with zero attached hydrogens (tertiary/aromatic N) is 1. The predicted molar refractivity (Wildman–Crippen MR) is 76.0 cm³/mol. The van der Waals surface area contributed by atoms with E-state index in [0.717, 1.165) is 11.5 Å². The van der Waals surface area contributed by atoms with Gasteiger partial charge in [-0.25, -0.2) is 4.98 Å². The second kappa shape index (κ2) is 4.86. The van der Waals surface area contributed by atoms with Crippen LogP contribution in [-0.4, -0.2) is 15.1 Å². The van der Waals surface area contributed by atoms with Gasteiger partial charge in [-0.3, -0.25) is 0 Å². The molecule has 3 nitrogen and oxygen atoms in total. The van der Waals surface area contributed by atoms with Crippen LogP contribution in [0.5, 0.6) is 0 Å². The van der Waals surface area contributed by atoms with Crippen molar-refractivity contribution in [3.05, 3.63) is 65.7 Å². The lowest BCUT2D eigenvalue weighted by Gasteiger charge is -2.12. The molecule has 0 aliphatic heterocycles. The minimum atomic E-state index is -0.00470. The number of fused-ring (bicyclic) bond motifs is 1. The molecule has 2 aromatic carbocycles. The van der Waals surface area contributed by atoms with Gasteiger partial charge >= 0.3 is 0 Å². The number of benzene rings is 2. The first-order chi connectivity index (χ1) is 9.29. The molecular weight excluding hydrogens is 236 g/mol. The van der Waals surface area contributed by atoms with E-state index >= 15 is 0 Å². The topological polar surface area (TPSA) is 48.9 Å². The molecule has 1 aromatic heterocycles. The van der Waals surface area contributed by atoms with Gasteiger partial charge in [0.2, 0.25) is 0 Å². The van der Waals surface area contributed by atoms with Crippen LogP contribution in [0.2, 0.25) is 0 Å². The van der Waals surface area contributed by atoms with E-state index in [4.69, 9.17) is 5.11 Å². The lowest BCUT2D eigenvalue weighted by Crippen LogP contribution is -1.99. The standard InChI is InChI=1S/C16H16N2O/c1-11(16-17-9-13(10-19)18-16)14-8-4-6-12-5-2-3-7-15(12)14/h2-9,11,19H,10H2,1H3,(H,17,18). The fourth-order valence-corrected chi connectivity index (χ4v) is 2.45. The van der Waals surface area contributed by atoms with Crippen LogP contribution in [0.15, 0.2) is 48.7 Å². The van der Waals surface area contributed by atoms with Gasteiger partial charge in [0, 0.05) is 5.92 Å². The zero-order chi connectivity index (χ0) is 13.2. The van der Waals surface area contributed by atoms with Crippen molar-refractivity contribution in [2.24, 2.45) is 0 Å². The van der Waals surface area contributed by atoms with Gasteiger partial charge in [-0.05, 0) is 16.3 Å². The van der Waals surface area contributed by atoms with Gasteiger partial charge in [0.25, 0.3) is 0 Å². The van der Waals surface area contributed by atoms with Crippen molar-refractivity contribution in [3.8, 4) is 0 Å². The molecule has 0 aliphatic carbocycles. The van der Waals surface area contributed by atoms with Crippen LogP contribution in [0.4, 0.5) is 0 Å². The Labute approximate surface area is 111 Å². The van der Waals surface area contributed by atoms with Gasteiger partial charge in [-0.1, -0.05) is 49.4 Å². The van der Waals surface area contributed by atoms with E-state index in [0.29, 0.717) is 0 Å². The molecule has 0 radical (unpaired) electrons. The van der Waals surface area contributed by atoms with E-state index in [1.54, 1.807) is 6.20 Å². The number of aliphatic hydroxyl groups is 1. The highest BCUT2D eigenvalue weighted by molar-refractivity contribution is 5.86. The first kappa shape index (κ1) is 11.9. The summed E-state index contributed by atoms with van der Waals surface area (Å²) in [6.45, 7) is 2.12. The summed E-state index contributed by atoms with van der Waals surface area (Å²) in [6.07, 6.45) is 1.69. The fraction of sp³-hybridized carbons (Fsp3) is 0.188. The Morgan fingerprint density at radius 1 is 1.16 bits per heavy atom. The van der Waals surface area contributed by atoms with Crippen molar-refractivity contribution in [3.63, 3.8) is 0 Å². The number of hydrogen-bond acceptors (Lipinski definition) is 2. The average Bonchev–Trinajstić information content (AvgIpc) is 2.95. The number of rotatable bonds is 3. The molecule has 3 aromatic rings. The summed E-state index contributed by atoms with van der Waals surface area (Å²) in [5, 5.41) is 11.6. The van der Waals surface area contributed by atoms with Gasteiger partial charge in [0.05, 0.1) is 18.5 Å². The molecule has 0 fully saturated rings. The van der Waals surface area contributed by atoms with E-state index in [1.165, 1.54) is 16.3 Å². The number of imidazole rings is 1. The van der Waals surface area contributed by atoms with E-state index in [-0.39, 0.29) is 12.5 Å². The summed E-state index contributed by atoms with van der Waals surface area (Å²) >= 11 is 0. The molecule has 96 valence electrons. The van der Waals surface area contributed by atoms with Crippen LogP contribution in [0, 0.1) is 0 Å². The second-order valence-electron chi connectivity index (χ2n) is 4.74. The first-order valence-corrected chi connectivity index (χ1v) is 6.42. The van der Waals surface area contributed by atoms with Crippen LogP contribution in [0.1, 0.15) is 29.9 Å². The van der Waals surface area contributed by atoms with E-state index < -0.39 is 0 Å². The maximum atomic E-state index is 9.10. The van der Waals surface area contributed by atoms with E-state index in [1.807, 2.05) is 6.07 Å². The molecule has 1 atom stereocenters. The van der Waals surface area contributed by atoms with Gasteiger partial charge in [0.1, 0.15) is 5.82 Å². The molecule has 0 spiro atoms. The Morgan fingerprint density at radius 2 is 1.95 bits per heavy atom. The van der Waals surface area contributed by atoms with Crippen LogP contribution in [0.25, 0.3) is 10.8 Å². The minimum Gasteiger partial charge on any atom is -0.390 e. The third-order valence-corrected chi connectivity index (χ3v) is 3.52. The Kier molecular flexibility index (Phi) is 3.05. The Morgan fingerprint density at radius 3 is 2.74 bits per heavy atom. The smallest absolute Gasteiger partial charge is 0.113 e. The van der Waals surface area contributed by atoms with E-state index in [9.17, 15) is 0 Å². The maximum absolute atomic E-state index is 9.10. The summed E-state index contributed by atoms with van der Waals surface area (Å²) in [7, 11) is 0. The molecule has 1 unspecified atom stereocenters. The highest BCUT2D eigenvalue weighted by Gasteiger charge is 2.14. The number of aromatic amines is 1. The van der Waals surface area contributed by atoms with Crippen molar-refractivity contribution in [2.75, 3.05) is 0 Å². The molecule has 0 amide bonds. The average molecular weight is 252 g/mol. The number of hydrogen-bond donors (Lipinski definition) is 2. The number of aromatic nitrogens is 2. The summed E-state index contributed by atoms with van der Waals surface area (Å²) in [4.78, 5) is 7.52. The van der Waals surface area contributed by atoms with Crippen molar-refractivity contribution in [1.29, 1.82) is 0 Å². The molecule has 1 heterocycles. The molecule has 0 aliphatic rings. The molecule has 0 bridgehead atoms. The number of H-pyrrole nitrogens is 1. The monoisotopic (exact) mass is 252 g/mol. The quantitative estimate of drug-likeness (QED) is 0.752. The number of aliphatic hydroxyl groups excluding tert-OH is 1. The Balaban J connectivity index is 2.08. The molecule has 0 saturated heterocycles. The summed E-state index contributed by atoms with van der Waals surface area (Å²) in [6, 6.07) is 14.7. The molecule has 0 saturated carbocycles. The zero-order valence-corrected chi connectivity index (χ0v) is 10.8. The Hall–Kier alpha value is -2.13. The van der Waals surface area contributed by atoms with Crippen LogP contribution in [-0.2, 0) is 6.61 Å². The van der Waals surface area contributed by atoms with Gasteiger partial charge in [0.15, 0.2) is 0 Å². The summed E-state index contributed by atoms with van der Waals surface area (Å²) in [5.41, 5.74) is 2.00. The van der Waals surface area contributed by atoms with Crippen molar-refractivity contribution >= 4 is 10.8 Å². The lowest BCUT2D eigenvalue weighted by molar-refractivity contribution is 0.277. The van der Waals surface area contributed by atoms with Gasteiger partial charge in [-0.15, -0.1) is 0 Å². The minimum absolute atomic E-state index is 0.00470. The zero-order valence-electron chi connectivity index (χ0n) is 10.8. The normalized spacial score (nSPS) is 12.7. The van der Waals surface area contributed by atoms with E-state index in [2.05, 4.69) is 53.3 Å². The van der Waals surface area contributed by atoms with Crippen LogP contribution < -0.4 is 0 Å². The third-order valence-electron chi connectivity index (χ3n) is 3.52. The fourth-order valence-electron chi connectivity index (χ4n) is 2.45. The summed E-state index contributed by atoms with van der Waals surface area (Å²) < 4.78 is 0. The van der Waals surface area contributed by atoms with Gasteiger partial charge < -0.3 is 10.1 Å². The number of nitrogens with one attached hydrogen (secondary N) is 1. The SMILES string of the molecule is CC(c1ncc(CO)[nH]1)c1cccc2ccccc12. The first-order valence-electron chi connectivity index (χ1n) is 6.42. The predicted octanol–water partition coefficient (Wildman–Crippen LogP) is 3.21. The largest absolute Gasteiger partial charge is 0.390 e. The highest BCUT2D eigenvalue weighted by atomic mass is 16.3. The Bertz CT molecular complexity index is 697. The van der Waals surface area contributed by atoms with Crippen molar-refractivity contribution < 1.29 is 5.11 Å². The third kappa shape index (κ3) is 2.13. The van der Waals surface area contributed by atoms with Crippen LogP contribution >= 0.6 is 0 Å². The lowest BCUT2D eigenvalue weighted by atomic mass is 9.94. The second-order valence-corrected chi connectivity index (χ2v) is 4.74.